The van der Waals surface area contributed by atoms with Gasteiger partial charge in [0.25, 0.3) is 0 Å². The van der Waals surface area contributed by atoms with E-state index in [-0.39, 0.29) is 0 Å². The molecule has 2 nitrogen and oxygen atoms in total. The number of carboxylic acid groups (broad SMARTS) is 1. The monoisotopic (exact) mass is 346 g/mol. The Labute approximate surface area is 72.9 Å². The molecule has 0 aliphatic rings. The first-order valence-corrected chi connectivity index (χ1v) is 3.78. The molecular formula is C2HClI2O2. The third kappa shape index (κ3) is 3.77. The van der Waals surface area contributed by atoms with Crippen LogP contribution in [0.2, 0.25) is 0 Å². The van der Waals surface area contributed by atoms with Crippen molar-refractivity contribution in [1.29, 1.82) is 0 Å². The lowest BCUT2D eigenvalue weighted by molar-refractivity contribution is -0.134. The molecule has 0 aromatic heterocycles. The highest BCUT2D eigenvalue weighted by molar-refractivity contribution is 14.2. The van der Waals surface area contributed by atoms with E-state index in [9.17, 15) is 4.79 Å². The molecule has 0 spiro atoms. The van der Waals surface area contributed by atoms with Crippen LogP contribution in [0.4, 0.5) is 0 Å². The van der Waals surface area contributed by atoms with Crippen LogP contribution in [0.15, 0.2) is 0 Å². The number of carboxylic acids is 1. The zero-order chi connectivity index (χ0) is 6.08. The van der Waals surface area contributed by atoms with Crippen molar-refractivity contribution >= 4 is 62.8 Å². The molecule has 7 heavy (non-hydrogen) atoms. The summed E-state index contributed by atoms with van der Waals surface area (Å²) in [5.74, 6) is -1.02. The summed E-state index contributed by atoms with van der Waals surface area (Å²) in [7, 11) is 0. The largest absolute Gasteiger partial charge is 0.479 e. The van der Waals surface area contributed by atoms with Gasteiger partial charge in [0.15, 0.2) is 0 Å². The van der Waals surface area contributed by atoms with Gasteiger partial charge in [0.1, 0.15) is 0 Å². The molecular weight excluding hydrogens is 345 g/mol. The standard InChI is InChI=1S/C2HClI2O2/c3-2(4,5)1(6)7/h(H,6,7). The number of halogens is 3. The summed E-state index contributed by atoms with van der Waals surface area (Å²) in [4.78, 5) is 9.87. The summed E-state index contributed by atoms with van der Waals surface area (Å²) in [5, 5.41) is 8.10. The third-order valence-electron chi connectivity index (χ3n) is 0.243. The Kier molecular flexibility index (Phi) is 3.14. The molecule has 0 saturated heterocycles. The minimum Gasteiger partial charge on any atom is -0.479 e. The Morgan fingerprint density at radius 3 is 1.86 bits per heavy atom. The van der Waals surface area contributed by atoms with E-state index < -0.39 is 6.86 Å². The van der Waals surface area contributed by atoms with E-state index in [0.29, 0.717) is 0 Å². The quantitative estimate of drug-likeness (QED) is 0.581. The smallest absolute Gasteiger partial charge is 0.345 e. The van der Waals surface area contributed by atoms with Crippen LogP contribution < -0.4 is 0 Å². The van der Waals surface area contributed by atoms with Crippen molar-refractivity contribution in [3.63, 3.8) is 0 Å². The van der Waals surface area contributed by atoms with Gasteiger partial charge >= 0.3 is 5.97 Å². The molecule has 0 rings (SSSR count). The summed E-state index contributed by atoms with van der Waals surface area (Å²) in [6, 6.07) is 0. The first-order chi connectivity index (χ1) is 2.94. The Morgan fingerprint density at radius 1 is 1.71 bits per heavy atom. The summed E-state index contributed by atoms with van der Waals surface area (Å²) in [6.07, 6.45) is 0. The second kappa shape index (κ2) is 2.67. The second-order valence-electron chi connectivity index (χ2n) is 0.803. The number of carbonyl (C=O) groups is 1. The normalized spacial score (nSPS) is 11.3. The molecule has 42 valence electrons. The number of hydrogen-bond donors (Lipinski definition) is 1. The van der Waals surface area contributed by atoms with Crippen LogP contribution in [0.25, 0.3) is 0 Å². The van der Waals surface area contributed by atoms with E-state index >= 15 is 0 Å². The van der Waals surface area contributed by atoms with E-state index in [1.165, 1.54) is 0 Å². The Morgan fingerprint density at radius 2 is 1.86 bits per heavy atom. The number of hydrogen-bond acceptors (Lipinski definition) is 1. The fraction of sp³-hybridized carbons (Fsp3) is 0.500. The number of aliphatic carboxylic acids is 1. The van der Waals surface area contributed by atoms with Gasteiger partial charge in [-0.15, -0.1) is 0 Å². The highest BCUT2D eigenvalue weighted by Gasteiger charge is 2.27. The average Bonchev–Trinajstić information content (AvgIpc) is 1.31. The lowest BCUT2D eigenvalue weighted by Gasteiger charge is -2.00. The zero-order valence-corrected chi connectivity index (χ0v) is 8.06. The fourth-order valence-electron chi connectivity index (χ4n) is 0. The van der Waals surface area contributed by atoms with Crippen molar-refractivity contribution < 1.29 is 9.90 Å². The fourth-order valence-corrected chi connectivity index (χ4v) is 0. The van der Waals surface area contributed by atoms with Gasteiger partial charge in [-0.05, 0) is 45.2 Å². The van der Waals surface area contributed by atoms with E-state index in [1.54, 1.807) is 45.2 Å². The summed E-state index contributed by atoms with van der Waals surface area (Å²) >= 11 is 8.48. The van der Waals surface area contributed by atoms with Gasteiger partial charge in [-0.1, -0.05) is 11.6 Å². The van der Waals surface area contributed by atoms with Crippen LogP contribution in [-0.4, -0.2) is 12.0 Å². The molecule has 5 heteroatoms. The summed E-state index contributed by atoms with van der Waals surface area (Å²) in [5.41, 5.74) is 0. The van der Waals surface area contributed by atoms with Crippen LogP contribution in [0, 0.1) is 0 Å². The zero-order valence-electron chi connectivity index (χ0n) is 2.99. The van der Waals surface area contributed by atoms with Gasteiger partial charge in [-0.25, -0.2) is 4.79 Å². The molecule has 0 aliphatic heterocycles. The maximum Gasteiger partial charge on any atom is 0.345 e. The Bertz CT molecular complexity index is 86.2. The van der Waals surface area contributed by atoms with Gasteiger partial charge in [-0.3, -0.25) is 0 Å². The van der Waals surface area contributed by atoms with Gasteiger partial charge in [0.2, 0.25) is 0.888 Å². The van der Waals surface area contributed by atoms with Crippen molar-refractivity contribution in [2.24, 2.45) is 0 Å². The van der Waals surface area contributed by atoms with Gasteiger partial charge in [0, 0.05) is 0 Å². The van der Waals surface area contributed by atoms with Gasteiger partial charge in [0.05, 0.1) is 0 Å². The summed E-state index contributed by atoms with van der Waals surface area (Å²) in [6.45, 7) is 0. The molecule has 0 aromatic rings. The Balaban J connectivity index is 3.79. The third-order valence-corrected chi connectivity index (χ3v) is 1.33. The lowest BCUT2D eigenvalue weighted by atomic mass is 10.8. The van der Waals surface area contributed by atoms with Gasteiger partial charge < -0.3 is 5.11 Å². The Hall–Kier alpha value is 1.22. The van der Waals surface area contributed by atoms with Crippen molar-refractivity contribution in [2.75, 3.05) is 0 Å². The van der Waals surface area contributed by atoms with Crippen LogP contribution >= 0.6 is 56.8 Å². The van der Waals surface area contributed by atoms with E-state index in [2.05, 4.69) is 0 Å². The molecule has 0 bridgehead atoms. The van der Waals surface area contributed by atoms with Crippen molar-refractivity contribution in [3.05, 3.63) is 0 Å². The maximum atomic E-state index is 9.87. The molecule has 0 radical (unpaired) electrons. The van der Waals surface area contributed by atoms with Crippen LogP contribution in [0.5, 0.6) is 0 Å². The molecule has 0 amide bonds. The molecule has 0 atom stereocenters. The van der Waals surface area contributed by atoms with Gasteiger partial charge in [-0.2, -0.15) is 0 Å². The number of rotatable bonds is 1. The minimum absolute atomic E-state index is 1.02. The first kappa shape index (κ1) is 8.22. The van der Waals surface area contributed by atoms with Crippen molar-refractivity contribution in [2.45, 2.75) is 0.888 Å². The molecule has 0 aromatic carbocycles. The lowest BCUT2D eigenvalue weighted by Crippen LogP contribution is -2.14. The maximum absolute atomic E-state index is 9.87. The van der Waals surface area contributed by atoms with E-state index in [4.69, 9.17) is 16.7 Å². The molecule has 0 saturated carbocycles. The second-order valence-corrected chi connectivity index (χ2v) is 7.95. The van der Waals surface area contributed by atoms with Crippen molar-refractivity contribution in [1.82, 2.24) is 0 Å². The molecule has 0 fully saturated rings. The first-order valence-electron chi connectivity index (χ1n) is 1.24. The van der Waals surface area contributed by atoms with E-state index in [0.717, 1.165) is 0 Å². The van der Waals surface area contributed by atoms with Crippen LogP contribution in [-0.2, 0) is 4.79 Å². The highest BCUT2D eigenvalue weighted by atomic mass is 127. The van der Waals surface area contributed by atoms with E-state index in [1.807, 2.05) is 0 Å². The average molecular weight is 346 g/mol. The predicted molar refractivity (Wildman–Crippen MR) is 44.3 cm³/mol. The van der Waals surface area contributed by atoms with Crippen LogP contribution in [0.3, 0.4) is 0 Å². The minimum atomic E-state index is -1.17. The summed E-state index contributed by atoms with van der Waals surface area (Å²) < 4.78 is -1.17. The highest BCUT2D eigenvalue weighted by Crippen LogP contribution is 2.31. The molecule has 0 unspecified atom stereocenters. The molecule has 0 heterocycles. The number of alkyl halides is 3. The predicted octanol–water partition coefficient (Wildman–Crippen LogP) is 1.83. The molecule has 0 aliphatic carbocycles. The topological polar surface area (TPSA) is 37.3 Å². The molecule has 1 N–H and O–H groups in total. The van der Waals surface area contributed by atoms with Crippen molar-refractivity contribution in [3.8, 4) is 0 Å². The SMILES string of the molecule is O=C(O)C(Cl)(I)I. The van der Waals surface area contributed by atoms with Crippen LogP contribution in [0.1, 0.15) is 0 Å².